The highest BCUT2D eigenvalue weighted by molar-refractivity contribution is 5.17. The molecule has 2 aliphatic rings. The third kappa shape index (κ3) is 3.86. The molecule has 0 saturated carbocycles. The summed E-state index contributed by atoms with van der Waals surface area (Å²) in [5, 5.41) is 0. The summed E-state index contributed by atoms with van der Waals surface area (Å²) in [4.78, 5) is 0. The lowest BCUT2D eigenvalue weighted by atomic mass is 10.1. The molecular weight excluding hydrogens is 272 g/mol. The van der Waals surface area contributed by atoms with Gasteiger partial charge in [0.05, 0.1) is 26.4 Å². The Balaban J connectivity index is 1.62. The standard InChI is InChI=1S/C16H24O5/c1-15(2,19-9-11-7-17-11)13-5-6-14(21-13)16(3,4)20-10-12-8-18-12/h5-6,11-12H,7-10H2,1-4H3. The van der Waals surface area contributed by atoms with Gasteiger partial charge in [-0.25, -0.2) is 0 Å². The van der Waals surface area contributed by atoms with Crippen LogP contribution >= 0.6 is 0 Å². The number of rotatable bonds is 8. The molecule has 2 aliphatic heterocycles. The Morgan fingerprint density at radius 2 is 1.29 bits per heavy atom. The molecular formula is C16H24O5. The molecule has 2 fully saturated rings. The highest BCUT2D eigenvalue weighted by Crippen LogP contribution is 2.33. The highest BCUT2D eigenvalue weighted by Gasteiger charge is 2.34. The molecule has 0 N–H and O–H groups in total. The Morgan fingerprint density at radius 3 is 1.62 bits per heavy atom. The fraction of sp³-hybridized carbons (Fsp3) is 0.750. The topological polar surface area (TPSA) is 56.7 Å². The van der Waals surface area contributed by atoms with Gasteiger partial charge in [0.2, 0.25) is 0 Å². The molecule has 0 aliphatic carbocycles. The van der Waals surface area contributed by atoms with Crippen molar-refractivity contribution in [3.63, 3.8) is 0 Å². The van der Waals surface area contributed by atoms with Gasteiger partial charge in [0.15, 0.2) is 0 Å². The number of furan rings is 1. The fourth-order valence-electron chi connectivity index (χ4n) is 2.06. The van der Waals surface area contributed by atoms with E-state index in [0.29, 0.717) is 13.2 Å². The first kappa shape index (κ1) is 15.0. The Kier molecular flexibility index (Phi) is 3.86. The van der Waals surface area contributed by atoms with Crippen molar-refractivity contribution < 1.29 is 23.4 Å². The lowest BCUT2D eigenvalue weighted by Gasteiger charge is -2.25. The predicted octanol–water partition coefficient (Wildman–Crippen LogP) is 2.58. The maximum absolute atomic E-state index is 5.99. The minimum absolute atomic E-state index is 0.247. The van der Waals surface area contributed by atoms with Crippen molar-refractivity contribution in [2.75, 3.05) is 26.4 Å². The molecule has 2 atom stereocenters. The van der Waals surface area contributed by atoms with Crippen LogP contribution in [0.1, 0.15) is 39.2 Å². The zero-order valence-corrected chi connectivity index (χ0v) is 13.2. The average Bonchev–Trinajstić information content (AvgIpc) is 3.34. The van der Waals surface area contributed by atoms with Gasteiger partial charge in [0, 0.05) is 0 Å². The van der Waals surface area contributed by atoms with Crippen LogP contribution in [-0.2, 0) is 30.1 Å². The molecule has 0 radical (unpaired) electrons. The summed E-state index contributed by atoms with van der Waals surface area (Å²) in [5.74, 6) is 1.61. The van der Waals surface area contributed by atoms with Gasteiger partial charge < -0.3 is 23.4 Å². The maximum Gasteiger partial charge on any atom is 0.135 e. The fourth-order valence-corrected chi connectivity index (χ4v) is 2.06. The smallest absolute Gasteiger partial charge is 0.135 e. The first-order valence-corrected chi connectivity index (χ1v) is 7.49. The van der Waals surface area contributed by atoms with Crippen LogP contribution in [0.3, 0.4) is 0 Å². The second kappa shape index (κ2) is 5.39. The summed E-state index contributed by atoms with van der Waals surface area (Å²) in [5.41, 5.74) is -0.945. The van der Waals surface area contributed by atoms with Crippen molar-refractivity contribution in [3.05, 3.63) is 23.7 Å². The second-order valence-electron chi connectivity index (χ2n) is 6.72. The highest BCUT2D eigenvalue weighted by atomic mass is 16.6. The van der Waals surface area contributed by atoms with Gasteiger partial charge >= 0.3 is 0 Å². The van der Waals surface area contributed by atoms with E-state index in [-0.39, 0.29) is 12.2 Å². The minimum Gasteiger partial charge on any atom is -0.460 e. The van der Waals surface area contributed by atoms with Crippen LogP contribution in [-0.4, -0.2) is 38.6 Å². The lowest BCUT2D eigenvalue weighted by Crippen LogP contribution is -2.25. The van der Waals surface area contributed by atoms with Gasteiger partial charge in [-0.15, -0.1) is 0 Å². The molecule has 1 aromatic rings. The molecule has 2 saturated heterocycles. The second-order valence-corrected chi connectivity index (χ2v) is 6.72. The number of hydrogen-bond donors (Lipinski definition) is 0. The Bertz CT molecular complexity index is 440. The number of ether oxygens (including phenoxy) is 4. The van der Waals surface area contributed by atoms with E-state index in [1.165, 1.54) is 0 Å². The normalized spacial score (nSPS) is 25.1. The Labute approximate surface area is 125 Å². The third-order valence-corrected chi connectivity index (χ3v) is 3.86. The van der Waals surface area contributed by atoms with Crippen molar-refractivity contribution in [1.29, 1.82) is 0 Å². The van der Waals surface area contributed by atoms with E-state index in [1.54, 1.807) is 0 Å². The van der Waals surface area contributed by atoms with Crippen molar-refractivity contribution >= 4 is 0 Å². The summed E-state index contributed by atoms with van der Waals surface area (Å²) >= 11 is 0. The van der Waals surface area contributed by atoms with Crippen molar-refractivity contribution in [3.8, 4) is 0 Å². The number of hydrogen-bond acceptors (Lipinski definition) is 5. The zero-order valence-electron chi connectivity index (χ0n) is 13.2. The monoisotopic (exact) mass is 296 g/mol. The van der Waals surface area contributed by atoms with Crippen molar-refractivity contribution in [2.24, 2.45) is 0 Å². The quantitative estimate of drug-likeness (QED) is 0.690. The van der Waals surface area contributed by atoms with Crippen LogP contribution in [0.2, 0.25) is 0 Å². The van der Waals surface area contributed by atoms with Crippen LogP contribution < -0.4 is 0 Å². The zero-order chi connectivity index (χ0) is 15.1. The largest absolute Gasteiger partial charge is 0.460 e. The molecule has 0 amide bonds. The lowest BCUT2D eigenvalue weighted by molar-refractivity contribution is -0.0595. The molecule has 5 nitrogen and oxygen atoms in total. The van der Waals surface area contributed by atoms with E-state index in [1.807, 2.05) is 39.8 Å². The molecule has 0 bridgehead atoms. The summed E-state index contributed by atoms with van der Waals surface area (Å²) in [6, 6.07) is 3.92. The summed E-state index contributed by atoms with van der Waals surface area (Å²) in [6.07, 6.45) is 0.494. The average molecular weight is 296 g/mol. The molecule has 3 rings (SSSR count). The van der Waals surface area contributed by atoms with Gasteiger partial charge in [-0.1, -0.05) is 0 Å². The van der Waals surface area contributed by atoms with E-state index in [0.717, 1.165) is 24.7 Å². The SMILES string of the molecule is CC(C)(OCC1CO1)c1ccc(C(C)(C)OCC2CO2)o1. The van der Waals surface area contributed by atoms with Crippen LogP contribution in [0.15, 0.2) is 16.5 Å². The van der Waals surface area contributed by atoms with Gasteiger partial charge in [0.25, 0.3) is 0 Å². The molecule has 5 heteroatoms. The van der Waals surface area contributed by atoms with E-state index >= 15 is 0 Å². The summed E-state index contributed by atoms with van der Waals surface area (Å²) in [7, 11) is 0. The third-order valence-electron chi connectivity index (χ3n) is 3.86. The minimum atomic E-state index is -0.472. The molecule has 3 heterocycles. The summed E-state index contributed by atoms with van der Waals surface area (Å²) < 4.78 is 28.1. The predicted molar refractivity (Wildman–Crippen MR) is 76.1 cm³/mol. The molecule has 21 heavy (non-hydrogen) atoms. The summed E-state index contributed by atoms with van der Waals surface area (Å²) in [6.45, 7) is 10.8. The van der Waals surface area contributed by atoms with Gasteiger partial charge in [0.1, 0.15) is 34.9 Å². The van der Waals surface area contributed by atoms with E-state index in [9.17, 15) is 0 Å². The molecule has 1 aromatic heterocycles. The Morgan fingerprint density at radius 1 is 0.905 bits per heavy atom. The number of epoxide rings is 2. The van der Waals surface area contributed by atoms with Crippen molar-refractivity contribution in [2.45, 2.75) is 51.1 Å². The molecule has 0 aromatic carbocycles. The van der Waals surface area contributed by atoms with Crippen LogP contribution in [0.4, 0.5) is 0 Å². The molecule has 118 valence electrons. The first-order valence-electron chi connectivity index (χ1n) is 7.49. The van der Waals surface area contributed by atoms with Crippen LogP contribution in [0, 0.1) is 0 Å². The van der Waals surface area contributed by atoms with E-state index in [2.05, 4.69) is 0 Å². The maximum atomic E-state index is 5.99. The molecule has 0 spiro atoms. The van der Waals surface area contributed by atoms with Gasteiger partial charge in [-0.05, 0) is 39.8 Å². The first-order chi connectivity index (χ1) is 9.87. The van der Waals surface area contributed by atoms with Crippen LogP contribution in [0.25, 0.3) is 0 Å². The Hall–Kier alpha value is -0.880. The van der Waals surface area contributed by atoms with E-state index < -0.39 is 11.2 Å². The van der Waals surface area contributed by atoms with Gasteiger partial charge in [-0.3, -0.25) is 0 Å². The molecule has 2 unspecified atom stereocenters. The van der Waals surface area contributed by atoms with Crippen LogP contribution in [0.5, 0.6) is 0 Å². The van der Waals surface area contributed by atoms with Gasteiger partial charge in [-0.2, -0.15) is 0 Å². The van der Waals surface area contributed by atoms with E-state index in [4.69, 9.17) is 23.4 Å². The van der Waals surface area contributed by atoms with Crippen molar-refractivity contribution in [1.82, 2.24) is 0 Å².